The first-order valence-corrected chi connectivity index (χ1v) is 6.30. The van der Waals surface area contributed by atoms with Gasteiger partial charge in [-0.15, -0.1) is 0 Å². The molecule has 0 saturated heterocycles. The van der Waals surface area contributed by atoms with Crippen molar-refractivity contribution in [1.29, 1.82) is 0 Å². The van der Waals surface area contributed by atoms with Crippen molar-refractivity contribution < 1.29 is 4.39 Å². The molecular formula is C13H18FN5. The lowest BCUT2D eigenvalue weighted by atomic mass is 10.1. The van der Waals surface area contributed by atoms with Gasteiger partial charge < -0.3 is 5.73 Å². The summed E-state index contributed by atoms with van der Waals surface area (Å²) >= 11 is 0. The van der Waals surface area contributed by atoms with Crippen LogP contribution in [-0.2, 0) is 13.0 Å². The monoisotopic (exact) mass is 263 g/mol. The molecule has 6 heteroatoms. The lowest BCUT2D eigenvalue weighted by Gasteiger charge is -2.13. The number of nitrogens with two attached hydrogens (primary N) is 1. The molecule has 0 saturated carbocycles. The standard InChI is InChI=1S/C13H18FN5/c1-9(2)7-19-12(17-8-18-19)6-11(15)13-10(14)4-3-5-16-13/h3-5,8-9,11H,6-7,15H2,1-2H3. The molecule has 102 valence electrons. The number of hydrogen-bond donors (Lipinski definition) is 1. The maximum atomic E-state index is 13.6. The van der Waals surface area contributed by atoms with E-state index in [2.05, 4.69) is 28.9 Å². The predicted octanol–water partition coefficient (Wildman–Crippen LogP) is 1.71. The van der Waals surface area contributed by atoms with Crippen molar-refractivity contribution in [3.05, 3.63) is 42.0 Å². The van der Waals surface area contributed by atoms with Crippen LogP contribution in [0.3, 0.4) is 0 Å². The third-order valence-corrected chi connectivity index (χ3v) is 2.77. The van der Waals surface area contributed by atoms with E-state index >= 15 is 0 Å². The van der Waals surface area contributed by atoms with Gasteiger partial charge in [-0.3, -0.25) is 4.98 Å². The van der Waals surface area contributed by atoms with E-state index in [1.54, 1.807) is 6.07 Å². The second kappa shape index (κ2) is 5.88. The van der Waals surface area contributed by atoms with E-state index in [0.29, 0.717) is 12.3 Å². The topological polar surface area (TPSA) is 69.6 Å². The molecule has 0 fully saturated rings. The highest BCUT2D eigenvalue weighted by molar-refractivity contribution is 5.12. The third-order valence-electron chi connectivity index (χ3n) is 2.77. The number of halogens is 1. The molecule has 5 nitrogen and oxygen atoms in total. The Balaban J connectivity index is 2.13. The van der Waals surface area contributed by atoms with E-state index in [0.717, 1.165) is 12.4 Å². The summed E-state index contributed by atoms with van der Waals surface area (Å²) in [6, 6.07) is 2.39. The van der Waals surface area contributed by atoms with Crippen LogP contribution in [0.4, 0.5) is 4.39 Å². The molecule has 2 aromatic rings. The molecule has 0 bridgehead atoms. The zero-order chi connectivity index (χ0) is 13.8. The first-order valence-electron chi connectivity index (χ1n) is 6.30. The minimum Gasteiger partial charge on any atom is -0.322 e. The Hall–Kier alpha value is -1.82. The lowest BCUT2D eigenvalue weighted by Crippen LogP contribution is -2.20. The van der Waals surface area contributed by atoms with Gasteiger partial charge in [0.1, 0.15) is 18.0 Å². The minimum absolute atomic E-state index is 0.265. The van der Waals surface area contributed by atoms with Gasteiger partial charge in [0.2, 0.25) is 0 Å². The van der Waals surface area contributed by atoms with Crippen LogP contribution in [-0.4, -0.2) is 19.7 Å². The Morgan fingerprint density at radius 1 is 1.37 bits per heavy atom. The maximum Gasteiger partial charge on any atom is 0.146 e. The third kappa shape index (κ3) is 3.35. The Morgan fingerprint density at radius 2 is 2.16 bits per heavy atom. The van der Waals surface area contributed by atoms with Crippen LogP contribution in [0.2, 0.25) is 0 Å². The molecule has 0 aliphatic carbocycles. The summed E-state index contributed by atoms with van der Waals surface area (Å²) in [4.78, 5) is 8.18. The fourth-order valence-corrected chi connectivity index (χ4v) is 1.91. The van der Waals surface area contributed by atoms with E-state index in [9.17, 15) is 4.39 Å². The molecule has 1 atom stereocenters. The van der Waals surface area contributed by atoms with Crippen LogP contribution in [0, 0.1) is 11.7 Å². The van der Waals surface area contributed by atoms with E-state index in [-0.39, 0.29) is 11.5 Å². The highest BCUT2D eigenvalue weighted by Crippen LogP contribution is 2.16. The summed E-state index contributed by atoms with van der Waals surface area (Å²) in [6.45, 7) is 4.97. The highest BCUT2D eigenvalue weighted by atomic mass is 19.1. The van der Waals surface area contributed by atoms with Crippen molar-refractivity contribution in [2.75, 3.05) is 0 Å². The molecule has 0 aliphatic rings. The van der Waals surface area contributed by atoms with E-state index in [1.165, 1.54) is 18.6 Å². The molecule has 0 aromatic carbocycles. The van der Waals surface area contributed by atoms with Crippen molar-refractivity contribution >= 4 is 0 Å². The zero-order valence-corrected chi connectivity index (χ0v) is 11.1. The SMILES string of the molecule is CC(C)Cn1ncnc1CC(N)c1ncccc1F. The van der Waals surface area contributed by atoms with Crippen LogP contribution >= 0.6 is 0 Å². The van der Waals surface area contributed by atoms with Crippen LogP contribution in [0.25, 0.3) is 0 Å². The molecule has 19 heavy (non-hydrogen) atoms. The van der Waals surface area contributed by atoms with Gasteiger partial charge in [0, 0.05) is 19.2 Å². The first-order chi connectivity index (χ1) is 9.08. The Labute approximate surface area is 111 Å². The van der Waals surface area contributed by atoms with Gasteiger partial charge >= 0.3 is 0 Å². The molecule has 2 rings (SSSR count). The van der Waals surface area contributed by atoms with Crippen LogP contribution in [0.15, 0.2) is 24.7 Å². The second-order valence-corrected chi connectivity index (χ2v) is 4.93. The summed E-state index contributed by atoms with van der Waals surface area (Å²) < 4.78 is 15.4. The number of nitrogens with zero attached hydrogens (tertiary/aromatic N) is 4. The smallest absolute Gasteiger partial charge is 0.146 e. The number of rotatable bonds is 5. The first kappa shape index (κ1) is 13.6. The molecule has 0 aliphatic heterocycles. The fraction of sp³-hybridized carbons (Fsp3) is 0.462. The summed E-state index contributed by atoms with van der Waals surface area (Å²) in [5, 5.41) is 4.16. The summed E-state index contributed by atoms with van der Waals surface area (Å²) in [7, 11) is 0. The van der Waals surface area contributed by atoms with Crippen molar-refractivity contribution in [2.24, 2.45) is 11.7 Å². The Kier molecular flexibility index (Phi) is 4.21. The van der Waals surface area contributed by atoms with Crippen LogP contribution in [0.5, 0.6) is 0 Å². The molecule has 0 radical (unpaired) electrons. The number of aromatic nitrogens is 4. The van der Waals surface area contributed by atoms with Gasteiger partial charge in [-0.2, -0.15) is 5.10 Å². The lowest BCUT2D eigenvalue weighted by molar-refractivity contribution is 0.456. The molecular weight excluding hydrogens is 245 g/mol. The normalized spacial score (nSPS) is 12.9. The van der Waals surface area contributed by atoms with Crippen molar-refractivity contribution in [3.63, 3.8) is 0 Å². The number of pyridine rings is 1. The van der Waals surface area contributed by atoms with Gasteiger partial charge in [-0.05, 0) is 18.1 Å². The van der Waals surface area contributed by atoms with Gasteiger partial charge in [-0.25, -0.2) is 14.1 Å². The maximum absolute atomic E-state index is 13.6. The van der Waals surface area contributed by atoms with Gasteiger partial charge in [0.05, 0.1) is 11.7 Å². The number of hydrogen-bond acceptors (Lipinski definition) is 4. The molecule has 2 N–H and O–H groups in total. The summed E-state index contributed by atoms with van der Waals surface area (Å²) in [5.74, 6) is 0.833. The second-order valence-electron chi connectivity index (χ2n) is 4.93. The Morgan fingerprint density at radius 3 is 2.84 bits per heavy atom. The largest absolute Gasteiger partial charge is 0.322 e. The van der Waals surface area contributed by atoms with Crippen molar-refractivity contribution in [1.82, 2.24) is 19.7 Å². The summed E-state index contributed by atoms with van der Waals surface area (Å²) in [6.07, 6.45) is 3.46. The highest BCUT2D eigenvalue weighted by Gasteiger charge is 2.16. The minimum atomic E-state index is -0.517. The van der Waals surface area contributed by atoms with E-state index in [1.807, 2.05) is 4.68 Å². The van der Waals surface area contributed by atoms with E-state index < -0.39 is 6.04 Å². The van der Waals surface area contributed by atoms with Crippen molar-refractivity contribution in [3.8, 4) is 0 Å². The fourth-order valence-electron chi connectivity index (χ4n) is 1.91. The average Bonchev–Trinajstić information content (AvgIpc) is 2.76. The van der Waals surface area contributed by atoms with Gasteiger partial charge in [0.25, 0.3) is 0 Å². The predicted molar refractivity (Wildman–Crippen MR) is 69.7 cm³/mol. The quantitative estimate of drug-likeness (QED) is 0.891. The molecule has 1 unspecified atom stereocenters. The molecule has 2 aromatic heterocycles. The van der Waals surface area contributed by atoms with Gasteiger partial charge in [0.15, 0.2) is 0 Å². The zero-order valence-electron chi connectivity index (χ0n) is 11.1. The Bertz CT molecular complexity index is 537. The van der Waals surface area contributed by atoms with Gasteiger partial charge in [-0.1, -0.05) is 13.8 Å². The van der Waals surface area contributed by atoms with Crippen LogP contribution in [0.1, 0.15) is 31.4 Å². The summed E-state index contributed by atoms with van der Waals surface area (Å²) in [5.41, 5.74) is 6.27. The van der Waals surface area contributed by atoms with E-state index in [4.69, 9.17) is 5.73 Å². The average molecular weight is 263 g/mol. The van der Waals surface area contributed by atoms with Crippen molar-refractivity contribution in [2.45, 2.75) is 32.9 Å². The molecule has 2 heterocycles. The molecule has 0 amide bonds. The molecule has 0 spiro atoms. The van der Waals surface area contributed by atoms with Crippen LogP contribution < -0.4 is 5.73 Å².